The molecule has 4 nitrogen and oxygen atoms in total. The van der Waals surface area contributed by atoms with Crippen molar-refractivity contribution < 1.29 is 0 Å². The smallest absolute Gasteiger partial charge is 0.0855 e. The van der Waals surface area contributed by atoms with Crippen molar-refractivity contribution in [1.82, 2.24) is 9.13 Å². The SMILES string of the molecule is C=N/C(=C1/SC(c2ccccc2)=CC1=N)c1ccc2c(c1)C(C)(C)c1ccccc1-2.CC.Cn1c2ccc(-c3cccc4c3c3c5ccccc5ccc3n4-c3ccccc3)cc2c2c3ccccc3ccc21. The van der Waals surface area contributed by atoms with Gasteiger partial charge in [0, 0.05) is 61.2 Å². The number of nitrogens with one attached hydrogen (secondary N) is 1. The van der Waals surface area contributed by atoms with Gasteiger partial charge in [0.05, 0.1) is 27.3 Å². The first kappa shape index (κ1) is 45.6. The first-order valence-corrected chi connectivity index (χ1v) is 26.0. The predicted molar refractivity (Wildman–Crippen MR) is 317 cm³/mol. The maximum Gasteiger partial charge on any atom is 0.0855 e. The van der Waals surface area contributed by atoms with Crippen molar-refractivity contribution in [3.8, 4) is 27.9 Å². The summed E-state index contributed by atoms with van der Waals surface area (Å²) >= 11 is 1.60. The van der Waals surface area contributed by atoms with Crippen LogP contribution in [0.25, 0.3) is 104 Å². The first-order chi connectivity index (χ1) is 35.8. The second-order valence-electron chi connectivity index (χ2n) is 19.2. The number of aliphatic imine (C=N–C) groups is 1. The highest BCUT2D eigenvalue weighted by Crippen LogP contribution is 2.51. The maximum absolute atomic E-state index is 8.56. The number of hydrogen-bond donors (Lipinski definition) is 1. The lowest BCUT2D eigenvalue weighted by atomic mass is 9.82. The second kappa shape index (κ2) is 18.3. The van der Waals surface area contributed by atoms with Gasteiger partial charge < -0.3 is 9.13 Å². The Hall–Kier alpha value is -8.51. The number of thioether (sulfide) groups is 1. The number of hydrogen-bond acceptors (Lipinski definition) is 3. The first-order valence-electron chi connectivity index (χ1n) is 25.2. The Morgan fingerprint density at radius 2 is 1.11 bits per heavy atom. The van der Waals surface area contributed by atoms with Crippen molar-refractivity contribution in [2.75, 3.05) is 0 Å². The van der Waals surface area contributed by atoms with Crippen LogP contribution in [-0.2, 0) is 12.5 Å². The summed E-state index contributed by atoms with van der Waals surface area (Å²) in [6.07, 6.45) is 1.92. The van der Waals surface area contributed by atoms with Gasteiger partial charge in [-0.15, -0.1) is 0 Å². The quantitative estimate of drug-likeness (QED) is 0.172. The predicted octanol–water partition coefficient (Wildman–Crippen LogP) is 18.6. The summed E-state index contributed by atoms with van der Waals surface area (Å²) in [5, 5.41) is 18.9. The van der Waals surface area contributed by atoms with Gasteiger partial charge in [-0.1, -0.05) is 203 Å². The van der Waals surface area contributed by atoms with Crippen LogP contribution in [0.15, 0.2) is 228 Å². The Balaban J connectivity index is 0.000000151. The number of rotatable bonds is 5. The molecule has 10 aromatic carbocycles. The minimum Gasteiger partial charge on any atom is -0.344 e. The van der Waals surface area contributed by atoms with Gasteiger partial charge in [0.1, 0.15) is 0 Å². The summed E-state index contributed by atoms with van der Waals surface area (Å²) < 4.78 is 4.75. The lowest BCUT2D eigenvalue weighted by Gasteiger charge is -2.22. The number of benzene rings is 10. The molecule has 0 saturated carbocycles. The molecule has 0 spiro atoms. The molecular weight excluding hydrogens is 905 g/mol. The van der Waals surface area contributed by atoms with Gasteiger partial charge in [-0.3, -0.25) is 10.4 Å². The van der Waals surface area contributed by atoms with E-state index >= 15 is 0 Å². The third-order valence-corrected chi connectivity index (χ3v) is 16.1. The van der Waals surface area contributed by atoms with Gasteiger partial charge in [0.2, 0.25) is 0 Å². The largest absolute Gasteiger partial charge is 0.344 e. The zero-order chi connectivity index (χ0) is 50.0. The molecule has 3 heterocycles. The highest BCUT2D eigenvalue weighted by atomic mass is 32.2. The summed E-state index contributed by atoms with van der Waals surface area (Å²) in [6.45, 7) is 12.4. The Kier molecular flexibility index (Phi) is 11.4. The molecule has 0 atom stereocenters. The molecule has 1 aliphatic heterocycles. The monoisotopic (exact) mass is 958 g/mol. The van der Waals surface area contributed by atoms with E-state index in [0.717, 1.165) is 26.6 Å². The van der Waals surface area contributed by atoms with Gasteiger partial charge in [-0.25, -0.2) is 0 Å². The average molecular weight is 959 g/mol. The van der Waals surface area contributed by atoms with Crippen LogP contribution in [0.1, 0.15) is 49.9 Å². The molecule has 12 aromatic rings. The fourth-order valence-electron chi connectivity index (χ4n) is 11.5. The zero-order valence-corrected chi connectivity index (χ0v) is 42.6. The molecule has 2 aromatic heterocycles. The van der Waals surface area contributed by atoms with Crippen LogP contribution in [0.3, 0.4) is 0 Å². The molecule has 352 valence electrons. The van der Waals surface area contributed by atoms with Crippen molar-refractivity contribution in [2.45, 2.75) is 33.1 Å². The fourth-order valence-corrected chi connectivity index (χ4v) is 12.6. The van der Waals surface area contributed by atoms with E-state index in [1.54, 1.807) is 11.8 Å². The summed E-state index contributed by atoms with van der Waals surface area (Å²) in [5.41, 5.74) is 17.2. The van der Waals surface area contributed by atoms with Gasteiger partial charge >= 0.3 is 0 Å². The van der Waals surface area contributed by atoms with Crippen LogP contribution in [0, 0.1) is 5.41 Å². The molecule has 5 heteroatoms. The average Bonchev–Trinajstić information content (AvgIpc) is 4.16. The summed E-state index contributed by atoms with van der Waals surface area (Å²) in [5.74, 6) is 0. The molecule has 2 aliphatic rings. The standard InChI is InChI=1S/C39H26N2.C27H22N2S.C2H6/c1-40-33-21-20-27(24-32(33)37-29-14-7-5-10-25(29)18-22-34(37)40)31-16-9-17-35-39(31)38-30-15-8-6-11-26(30)19-23-36(38)41(35)28-12-3-2-4-13-28;1-27(2)21-12-8-7-11-19(21)20-14-13-18(15-22(20)27)25(29-3)26-23(28)16-24(30-26)17-9-5-4-6-10-17;1-2/h2-24H,1H3;4-16,28H,3H2,1-2H3;1-2H3/b;26-25+,28-23?;. The van der Waals surface area contributed by atoms with Gasteiger partial charge in [0.15, 0.2) is 0 Å². The van der Waals surface area contributed by atoms with E-state index in [2.05, 4.69) is 236 Å². The minimum atomic E-state index is -0.0668. The van der Waals surface area contributed by atoms with E-state index in [1.807, 2.05) is 38.1 Å². The van der Waals surface area contributed by atoms with E-state index in [0.29, 0.717) is 5.71 Å². The topological polar surface area (TPSA) is 46.1 Å². The molecular formula is C68H54N4S. The Morgan fingerprint density at radius 3 is 1.85 bits per heavy atom. The van der Waals surface area contributed by atoms with E-state index < -0.39 is 0 Å². The van der Waals surface area contributed by atoms with E-state index in [9.17, 15) is 0 Å². The van der Waals surface area contributed by atoms with Crippen LogP contribution in [-0.4, -0.2) is 21.6 Å². The third-order valence-electron chi connectivity index (χ3n) is 14.9. The Morgan fingerprint density at radius 1 is 0.507 bits per heavy atom. The van der Waals surface area contributed by atoms with Crippen LogP contribution in [0.5, 0.6) is 0 Å². The van der Waals surface area contributed by atoms with Crippen molar-refractivity contribution in [3.05, 3.63) is 246 Å². The van der Waals surface area contributed by atoms with Crippen molar-refractivity contribution in [1.29, 1.82) is 5.41 Å². The highest BCUT2D eigenvalue weighted by molar-refractivity contribution is 8.13. The van der Waals surface area contributed by atoms with Crippen molar-refractivity contribution >= 4 is 99.9 Å². The van der Waals surface area contributed by atoms with Crippen LogP contribution >= 0.6 is 11.8 Å². The highest BCUT2D eigenvalue weighted by Gasteiger charge is 2.36. The lowest BCUT2D eigenvalue weighted by Crippen LogP contribution is -2.15. The zero-order valence-electron chi connectivity index (χ0n) is 41.7. The lowest BCUT2D eigenvalue weighted by molar-refractivity contribution is 0.660. The minimum absolute atomic E-state index is 0.0668. The van der Waals surface area contributed by atoms with Crippen molar-refractivity contribution in [2.24, 2.45) is 12.0 Å². The van der Waals surface area contributed by atoms with E-state index in [1.165, 1.54) is 104 Å². The molecule has 0 bridgehead atoms. The number of aromatic nitrogens is 2. The fraction of sp³-hybridized carbons (Fsp3) is 0.0882. The molecule has 14 rings (SSSR count). The molecule has 0 fully saturated rings. The number of nitrogens with zero attached hydrogens (tertiary/aromatic N) is 3. The summed E-state index contributed by atoms with van der Waals surface area (Å²) in [4.78, 5) is 6.31. The van der Waals surface area contributed by atoms with Gasteiger partial charge in [0.25, 0.3) is 0 Å². The maximum atomic E-state index is 8.56. The molecule has 1 aliphatic carbocycles. The van der Waals surface area contributed by atoms with Crippen LogP contribution in [0.4, 0.5) is 0 Å². The second-order valence-corrected chi connectivity index (χ2v) is 20.2. The van der Waals surface area contributed by atoms with Gasteiger partial charge in [-0.05, 0) is 122 Å². The summed E-state index contributed by atoms with van der Waals surface area (Å²) in [6, 6.07) is 76.4. The third kappa shape index (κ3) is 7.37. The molecule has 1 N–H and O–H groups in total. The molecule has 0 amide bonds. The number of allylic oxidation sites excluding steroid dienone is 2. The number of para-hydroxylation sites is 1. The molecule has 73 heavy (non-hydrogen) atoms. The number of aryl methyl sites for hydroxylation is 1. The van der Waals surface area contributed by atoms with E-state index in [4.69, 9.17) is 5.41 Å². The number of fused-ring (bicyclic) bond motifs is 13. The van der Waals surface area contributed by atoms with Crippen LogP contribution < -0.4 is 0 Å². The normalized spacial score (nSPS) is 14.2. The van der Waals surface area contributed by atoms with Crippen LogP contribution in [0.2, 0.25) is 0 Å². The Labute approximate surface area is 430 Å². The summed E-state index contributed by atoms with van der Waals surface area (Å²) in [7, 11) is 2.18. The van der Waals surface area contributed by atoms with E-state index in [-0.39, 0.29) is 5.41 Å². The van der Waals surface area contributed by atoms with Gasteiger partial charge in [-0.2, -0.15) is 0 Å². The molecule has 0 radical (unpaired) electrons. The molecule has 0 saturated heterocycles. The van der Waals surface area contributed by atoms with Crippen molar-refractivity contribution in [3.63, 3.8) is 0 Å². The Bertz CT molecular complexity index is 4260. The molecule has 0 unspecified atom stereocenters.